The van der Waals surface area contributed by atoms with Crippen molar-refractivity contribution in [2.45, 2.75) is 42.8 Å². The fraction of sp³-hybridized carbons (Fsp3) is 0.333. The number of aromatic nitrogens is 3. The van der Waals surface area contributed by atoms with E-state index in [0.29, 0.717) is 5.92 Å². The predicted octanol–water partition coefficient (Wildman–Crippen LogP) is 5.32. The zero-order valence-corrected chi connectivity index (χ0v) is 17.8. The zero-order valence-electron chi connectivity index (χ0n) is 16.2. The zero-order chi connectivity index (χ0) is 19.4. The summed E-state index contributed by atoms with van der Waals surface area (Å²) in [6.45, 7) is 5.95. The van der Waals surface area contributed by atoms with Gasteiger partial charge in [0.1, 0.15) is 10.9 Å². The standard InChI is InChI=1S/C21H25ClN4S/c1-15(2)20-21(27-18-7-5-6-17(22)12-18)26(19(24-20)14-25(3)4)13-16-8-10-23-11-9-16/h5-12,15H,13-14H2,1-4H3. The Bertz CT molecular complexity index is 890. The van der Waals surface area contributed by atoms with Gasteiger partial charge in [0.25, 0.3) is 0 Å². The lowest BCUT2D eigenvalue weighted by atomic mass is 10.1. The van der Waals surface area contributed by atoms with Crippen molar-refractivity contribution in [2.75, 3.05) is 14.1 Å². The average Bonchev–Trinajstić information content (AvgIpc) is 2.93. The highest BCUT2D eigenvalue weighted by Gasteiger charge is 2.21. The van der Waals surface area contributed by atoms with Crippen LogP contribution in [-0.4, -0.2) is 33.5 Å². The molecule has 0 bridgehead atoms. The van der Waals surface area contributed by atoms with Crippen LogP contribution in [0.2, 0.25) is 5.02 Å². The van der Waals surface area contributed by atoms with E-state index >= 15 is 0 Å². The van der Waals surface area contributed by atoms with Gasteiger partial charge in [0.05, 0.1) is 12.2 Å². The molecular formula is C21H25ClN4S. The molecule has 0 saturated heterocycles. The molecule has 1 aromatic carbocycles. The molecule has 3 rings (SSSR count). The first-order valence-corrected chi connectivity index (χ1v) is 10.2. The van der Waals surface area contributed by atoms with Crippen molar-refractivity contribution >= 4 is 23.4 Å². The molecule has 0 N–H and O–H groups in total. The molecular weight excluding hydrogens is 376 g/mol. The van der Waals surface area contributed by atoms with Crippen LogP contribution >= 0.6 is 23.4 Å². The summed E-state index contributed by atoms with van der Waals surface area (Å²) in [4.78, 5) is 12.4. The average molecular weight is 401 g/mol. The monoisotopic (exact) mass is 400 g/mol. The molecule has 0 aliphatic heterocycles. The highest BCUT2D eigenvalue weighted by Crippen LogP contribution is 2.36. The summed E-state index contributed by atoms with van der Waals surface area (Å²) in [5.41, 5.74) is 2.34. The fourth-order valence-electron chi connectivity index (χ4n) is 2.87. The SMILES string of the molecule is CC(C)c1nc(CN(C)C)n(Cc2ccncc2)c1Sc1cccc(Cl)c1. The number of halogens is 1. The van der Waals surface area contributed by atoms with Crippen LogP contribution in [0.3, 0.4) is 0 Å². The Balaban J connectivity index is 2.07. The first kappa shape index (κ1) is 19.9. The van der Waals surface area contributed by atoms with Gasteiger partial charge in [-0.2, -0.15) is 0 Å². The second kappa shape index (κ2) is 8.91. The van der Waals surface area contributed by atoms with Crippen molar-refractivity contribution in [1.82, 2.24) is 19.4 Å². The molecule has 142 valence electrons. The lowest BCUT2D eigenvalue weighted by Gasteiger charge is -2.15. The van der Waals surface area contributed by atoms with E-state index in [1.165, 1.54) is 10.6 Å². The summed E-state index contributed by atoms with van der Waals surface area (Å²) in [7, 11) is 4.15. The summed E-state index contributed by atoms with van der Waals surface area (Å²) in [6.07, 6.45) is 3.68. The first-order chi connectivity index (χ1) is 12.9. The number of imidazole rings is 1. The molecule has 0 spiro atoms. The third-order valence-corrected chi connectivity index (χ3v) is 5.48. The molecule has 0 atom stereocenters. The Kier molecular flexibility index (Phi) is 6.58. The van der Waals surface area contributed by atoms with Gasteiger partial charge in [-0.1, -0.05) is 43.3 Å². The molecule has 6 heteroatoms. The highest BCUT2D eigenvalue weighted by molar-refractivity contribution is 7.99. The van der Waals surface area contributed by atoms with Crippen LogP contribution in [0.25, 0.3) is 0 Å². The lowest BCUT2D eigenvalue weighted by Crippen LogP contribution is -2.16. The van der Waals surface area contributed by atoms with Gasteiger partial charge < -0.3 is 9.47 Å². The minimum atomic E-state index is 0.339. The number of benzene rings is 1. The number of rotatable bonds is 7. The molecule has 27 heavy (non-hydrogen) atoms. The van der Waals surface area contributed by atoms with Crippen molar-refractivity contribution in [3.63, 3.8) is 0 Å². The lowest BCUT2D eigenvalue weighted by molar-refractivity contribution is 0.380. The molecule has 0 saturated carbocycles. The Morgan fingerprint density at radius 3 is 2.52 bits per heavy atom. The Morgan fingerprint density at radius 2 is 1.89 bits per heavy atom. The van der Waals surface area contributed by atoms with E-state index in [-0.39, 0.29) is 0 Å². The number of pyridine rings is 1. The van der Waals surface area contributed by atoms with Gasteiger partial charge in [0.2, 0.25) is 0 Å². The van der Waals surface area contributed by atoms with E-state index in [2.05, 4.69) is 60.6 Å². The Hall–Kier alpha value is -1.82. The van der Waals surface area contributed by atoms with Crippen molar-refractivity contribution in [1.29, 1.82) is 0 Å². The molecule has 0 unspecified atom stereocenters. The van der Waals surface area contributed by atoms with Crippen molar-refractivity contribution in [3.8, 4) is 0 Å². The second-order valence-corrected chi connectivity index (χ2v) is 8.61. The fourth-order valence-corrected chi connectivity index (χ4v) is 4.34. The molecule has 2 heterocycles. The molecule has 0 amide bonds. The van der Waals surface area contributed by atoms with Crippen LogP contribution in [0.5, 0.6) is 0 Å². The van der Waals surface area contributed by atoms with E-state index in [1.807, 2.05) is 30.6 Å². The van der Waals surface area contributed by atoms with Gasteiger partial charge in [0, 0.05) is 28.9 Å². The smallest absolute Gasteiger partial charge is 0.124 e. The Morgan fingerprint density at radius 1 is 1.15 bits per heavy atom. The first-order valence-electron chi connectivity index (χ1n) is 9.00. The van der Waals surface area contributed by atoms with Crippen LogP contribution in [0, 0.1) is 0 Å². The van der Waals surface area contributed by atoms with Crippen molar-refractivity contribution < 1.29 is 0 Å². The number of nitrogens with zero attached hydrogens (tertiary/aromatic N) is 4. The normalized spacial score (nSPS) is 11.5. The van der Waals surface area contributed by atoms with E-state index in [1.54, 1.807) is 11.8 Å². The molecule has 0 radical (unpaired) electrons. The predicted molar refractivity (Wildman–Crippen MR) is 113 cm³/mol. The quantitative estimate of drug-likeness (QED) is 0.537. The third kappa shape index (κ3) is 5.12. The molecule has 0 aliphatic rings. The summed E-state index contributed by atoms with van der Waals surface area (Å²) >= 11 is 7.94. The molecule has 4 nitrogen and oxygen atoms in total. The maximum absolute atomic E-state index is 6.21. The van der Waals surface area contributed by atoms with E-state index in [9.17, 15) is 0 Å². The van der Waals surface area contributed by atoms with Gasteiger partial charge in [0.15, 0.2) is 0 Å². The second-order valence-electron chi connectivity index (χ2n) is 7.11. The van der Waals surface area contributed by atoms with Crippen LogP contribution in [-0.2, 0) is 13.1 Å². The summed E-state index contributed by atoms with van der Waals surface area (Å²) in [5.74, 6) is 1.41. The van der Waals surface area contributed by atoms with Gasteiger partial charge in [-0.15, -0.1) is 0 Å². The molecule has 0 fully saturated rings. The topological polar surface area (TPSA) is 34.0 Å². The van der Waals surface area contributed by atoms with Gasteiger partial charge in [-0.25, -0.2) is 4.98 Å². The maximum Gasteiger partial charge on any atom is 0.124 e. The minimum absolute atomic E-state index is 0.339. The third-order valence-electron chi connectivity index (χ3n) is 4.13. The number of hydrogen-bond acceptors (Lipinski definition) is 4. The minimum Gasteiger partial charge on any atom is -0.317 e. The van der Waals surface area contributed by atoms with E-state index < -0.39 is 0 Å². The van der Waals surface area contributed by atoms with E-state index in [4.69, 9.17) is 16.6 Å². The van der Waals surface area contributed by atoms with Crippen LogP contribution < -0.4 is 0 Å². The highest BCUT2D eigenvalue weighted by atomic mass is 35.5. The van der Waals surface area contributed by atoms with Gasteiger partial charge in [-0.3, -0.25) is 4.98 Å². The Labute approximate surface area is 170 Å². The summed E-state index contributed by atoms with van der Waals surface area (Å²) in [6, 6.07) is 12.1. The van der Waals surface area contributed by atoms with E-state index in [0.717, 1.165) is 34.5 Å². The van der Waals surface area contributed by atoms with Crippen LogP contribution in [0.1, 0.15) is 36.8 Å². The molecule has 3 aromatic rings. The molecule has 2 aromatic heterocycles. The van der Waals surface area contributed by atoms with Crippen molar-refractivity contribution in [2.24, 2.45) is 0 Å². The van der Waals surface area contributed by atoms with Gasteiger partial charge in [-0.05, 0) is 55.9 Å². The summed E-state index contributed by atoms with van der Waals surface area (Å²) in [5, 5.41) is 1.93. The van der Waals surface area contributed by atoms with Crippen LogP contribution in [0.4, 0.5) is 0 Å². The van der Waals surface area contributed by atoms with Crippen LogP contribution in [0.15, 0.2) is 58.7 Å². The summed E-state index contributed by atoms with van der Waals surface area (Å²) < 4.78 is 2.33. The molecule has 0 aliphatic carbocycles. The number of hydrogen-bond donors (Lipinski definition) is 0. The maximum atomic E-state index is 6.21. The largest absolute Gasteiger partial charge is 0.317 e. The van der Waals surface area contributed by atoms with Crippen molar-refractivity contribution in [3.05, 3.63) is 70.9 Å². The van der Waals surface area contributed by atoms with Gasteiger partial charge >= 0.3 is 0 Å².